The first-order valence-corrected chi connectivity index (χ1v) is 16.6. The maximum Gasteiger partial charge on any atom is 0.166 e. The Hall–Kier alpha value is -0.710. The molecule has 2 saturated carbocycles. The Kier molecular flexibility index (Phi) is 9.51. The standard InChI is InChI=1S/C33H49BrO3/c1-23-14-15-24-25-18-19-33(2)28(16-17-29(33)37-30-13-9-11-21-36-30)31(25)26(32(35)27(24)22-23)12-8-6-4-3-5-7-10-20-34/h14-15,22,25-26,28-31H,3-13,16-21H2,1-2H3/t25?,26-,28?,29?,30?,31?,33?/m0/s1. The number of fused-ring (bicyclic) bond motifs is 5. The minimum absolute atomic E-state index is 0.0194. The molecule has 3 fully saturated rings. The van der Waals surface area contributed by atoms with Gasteiger partial charge in [0.1, 0.15) is 0 Å². The van der Waals surface area contributed by atoms with E-state index >= 15 is 0 Å². The SMILES string of the molecule is Cc1ccc2c(c1)C(=O)[C@@H](CCCCCCCCCBr)C1C2CCC2(C)C(OC3CCCCO3)CCC12. The molecule has 1 saturated heterocycles. The molecule has 1 aromatic carbocycles. The molecular weight excluding hydrogens is 524 g/mol. The molecule has 0 radical (unpaired) electrons. The topological polar surface area (TPSA) is 35.5 Å². The Morgan fingerprint density at radius 3 is 2.54 bits per heavy atom. The summed E-state index contributed by atoms with van der Waals surface area (Å²) in [4.78, 5) is 14.1. The Labute approximate surface area is 234 Å². The van der Waals surface area contributed by atoms with Gasteiger partial charge in [0, 0.05) is 23.4 Å². The average molecular weight is 574 g/mol. The number of alkyl halides is 1. The zero-order chi connectivity index (χ0) is 25.8. The van der Waals surface area contributed by atoms with Crippen molar-refractivity contribution in [2.75, 3.05) is 11.9 Å². The second kappa shape index (κ2) is 12.6. The van der Waals surface area contributed by atoms with Crippen LogP contribution in [0.15, 0.2) is 18.2 Å². The molecule has 6 unspecified atom stereocenters. The molecule has 206 valence electrons. The van der Waals surface area contributed by atoms with Crippen LogP contribution < -0.4 is 0 Å². The van der Waals surface area contributed by atoms with Crippen LogP contribution in [-0.4, -0.2) is 30.1 Å². The fourth-order valence-electron chi connectivity index (χ4n) is 8.54. The summed E-state index contributed by atoms with van der Waals surface area (Å²) in [6.07, 6.45) is 18.5. The van der Waals surface area contributed by atoms with Gasteiger partial charge in [-0.1, -0.05) is 79.1 Å². The highest BCUT2D eigenvalue weighted by Gasteiger charge is 2.59. The smallest absolute Gasteiger partial charge is 0.166 e. The number of unbranched alkanes of at least 4 members (excludes halogenated alkanes) is 6. The van der Waals surface area contributed by atoms with Gasteiger partial charge in [0.05, 0.1) is 6.10 Å². The lowest BCUT2D eigenvalue weighted by Crippen LogP contribution is -2.50. The lowest BCUT2D eigenvalue weighted by Gasteiger charge is -2.53. The normalized spacial score (nSPS) is 35.2. The van der Waals surface area contributed by atoms with Gasteiger partial charge >= 0.3 is 0 Å². The third kappa shape index (κ3) is 5.92. The van der Waals surface area contributed by atoms with E-state index < -0.39 is 0 Å². The molecule has 0 N–H and O–H groups in total. The van der Waals surface area contributed by atoms with E-state index in [0.717, 1.165) is 43.2 Å². The number of halogens is 1. The van der Waals surface area contributed by atoms with Crippen molar-refractivity contribution in [1.82, 2.24) is 0 Å². The fourth-order valence-corrected chi connectivity index (χ4v) is 8.94. The number of carbonyl (C=O) groups excluding carboxylic acids is 1. The van der Waals surface area contributed by atoms with E-state index in [-0.39, 0.29) is 23.7 Å². The lowest BCUT2D eigenvalue weighted by molar-refractivity contribution is -0.213. The molecule has 1 aromatic rings. The van der Waals surface area contributed by atoms with Gasteiger partial charge in [-0.25, -0.2) is 0 Å². The predicted molar refractivity (Wildman–Crippen MR) is 154 cm³/mol. The summed E-state index contributed by atoms with van der Waals surface area (Å²) in [5.41, 5.74) is 3.78. The molecule has 0 aromatic heterocycles. The molecule has 0 spiro atoms. The molecule has 3 aliphatic carbocycles. The summed E-state index contributed by atoms with van der Waals surface area (Å²) in [5.74, 6) is 2.21. The molecule has 1 heterocycles. The Bertz CT molecular complexity index is 909. The maximum atomic E-state index is 14.1. The minimum atomic E-state index is -0.0194. The molecule has 0 bridgehead atoms. The lowest BCUT2D eigenvalue weighted by atomic mass is 9.51. The van der Waals surface area contributed by atoms with Gasteiger partial charge in [0.2, 0.25) is 0 Å². The van der Waals surface area contributed by atoms with E-state index in [9.17, 15) is 4.79 Å². The maximum absolute atomic E-state index is 14.1. The quantitative estimate of drug-likeness (QED) is 0.196. The monoisotopic (exact) mass is 572 g/mol. The first-order chi connectivity index (χ1) is 18.0. The van der Waals surface area contributed by atoms with Gasteiger partial charge in [-0.15, -0.1) is 0 Å². The number of carbonyl (C=O) groups is 1. The Balaban J connectivity index is 1.31. The average Bonchev–Trinajstić information content (AvgIpc) is 3.23. The van der Waals surface area contributed by atoms with Crippen molar-refractivity contribution in [3.63, 3.8) is 0 Å². The van der Waals surface area contributed by atoms with E-state index in [1.807, 2.05) is 0 Å². The molecule has 4 heteroatoms. The summed E-state index contributed by atoms with van der Waals surface area (Å²) < 4.78 is 12.7. The third-order valence-electron chi connectivity index (χ3n) is 10.5. The van der Waals surface area contributed by atoms with Crippen LogP contribution in [0.3, 0.4) is 0 Å². The van der Waals surface area contributed by atoms with Gasteiger partial charge < -0.3 is 9.47 Å². The second-order valence-corrected chi connectivity index (χ2v) is 13.6. The van der Waals surface area contributed by atoms with E-state index in [4.69, 9.17) is 9.47 Å². The second-order valence-electron chi connectivity index (χ2n) is 12.8. The molecular formula is C33H49BrO3. The van der Waals surface area contributed by atoms with Crippen molar-refractivity contribution >= 4 is 21.7 Å². The van der Waals surface area contributed by atoms with Crippen molar-refractivity contribution in [2.45, 2.75) is 128 Å². The highest BCUT2D eigenvalue weighted by atomic mass is 79.9. The van der Waals surface area contributed by atoms with Crippen molar-refractivity contribution in [3.8, 4) is 0 Å². The number of hydrogen-bond donors (Lipinski definition) is 0. The van der Waals surface area contributed by atoms with Gasteiger partial charge in [-0.3, -0.25) is 4.79 Å². The third-order valence-corrected chi connectivity index (χ3v) is 11.1. The van der Waals surface area contributed by atoms with E-state index in [2.05, 4.69) is 48.0 Å². The van der Waals surface area contributed by atoms with Crippen LogP contribution in [0.2, 0.25) is 0 Å². The number of aryl methyl sites for hydroxylation is 1. The molecule has 1 aliphatic heterocycles. The van der Waals surface area contributed by atoms with E-state index in [0.29, 0.717) is 23.5 Å². The van der Waals surface area contributed by atoms with Crippen molar-refractivity contribution in [2.24, 2.45) is 23.2 Å². The Morgan fingerprint density at radius 1 is 1.00 bits per heavy atom. The van der Waals surface area contributed by atoms with Crippen LogP contribution in [0.5, 0.6) is 0 Å². The predicted octanol–water partition coefficient (Wildman–Crippen LogP) is 9.14. The van der Waals surface area contributed by atoms with Gasteiger partial charge in [-0.2, -0.15) is 0 Å². The summed E-state index contributed by atoms with van der Waals surface area (Å²) in [7, 11) is 0. The largest absolute Gasteiger partial charge is 0.353 e. The number of Topliss-reactive ketones (excluding diaryl/α,β-unsaturated/α-hetero) is 1. The summed E-state index contributed by atoms with van der Waals surface area (Å²) in [6, 6.07) is 6.72. The molecule has 4 aliphatic rings. The van der Waals surface area contributed by atoms with E-state index in [1.165, 1.54) is 81.8 Å². The van der Waals surface area contributed by atoms with Crippen LogP contribution in [0.4, 0.5) is 0 Å². The van der Waals surface area contributed by atoms with Crippen LogP contribution in [-0.2, 0) is 9.47 Å². The summed E-state index contributed by atoms with van der Waals surface area (Å²) in [6.45, 7) is 5.47. The number of rotatable bonds is 11. The van der Waals surface area contributed by atoms with E-state index in [1.54, 1.807) is 0 Å². The summed E-state index contributed by atoms with van der Waals surface area (Å²) >= 11 is 3.54. The molecule has 3 nitrogen and oxygen atoms in total. The first-order valence-electron chi connectivity index (χ1n) is 15.5. The van der Waals surface area contributed by atoms with Crippen LogP contribution >= 0.6 is 15.9 Å². The number of benzene rings is 1. The number of ketones is 1. The molecule has 0 amide bonds. The molecule has 5 rings (SSSR count). The number of ether oxygens (including phenoxy) is 2. The highest BCUT2D eigenvalue weighted by Crippen LogP contribution is 2.63. The van der Waals surface area contributed by atoms with Gasteiger partial charge in [0.25, 0.3) is 0 Å². The first kappa shape index (κ1) is 27.8. The molecule has 37 heavy (non-hydrogen) atoms. The van der Waals surface area contributed by atoms with Crippen molar-refractivity contribution in [1.29, 1.82) is 0 Å². The zero-order valence-electron chi connectivity index (χ0n) is 23.3. The minimum Gasteiger partial charge on any atom is -0.353 e. The fraction of sp³-hybridized carbons (Fsp3) is 0.788. The van der Waals surface area contributed by atoms with Gasteiger partial charge in [0.15, 0.2) is 12.1 Å². The zero-order valence-corrected chi connectivity index (χ0v) is 24.9. The highest BCUT2D eigenvalue weighted by molar-refractivity contribution is 9.09. The summed E-state index contributed by atoms with van der Waals surface area (Å²) in [5, 5.41) is 1.12. The molecule has 7 atom stereocenters. The van der Waals surface area contributed by atoms with Crippen LogP contribution in [0.1, 0.15) is 131 Å². The van der Waals surface area contributed by atoms with Gasteiger partial charge in [-0.05, 0) is 99.5 Å². The van der Waals surface area contributed by atoms with Crippen LogP contribution in [0.25, 0.3) is 0 Å². The number of hydrogen-bond acceptors (Lipinski definition) is 3. The van der Waals surface area contributed by atoms with Crippen LogP contribution in [0, 0.1) is 30.1 Å². The Morgan fingerprint density at radius 2 is 1.78 bits per heavy atom. The van der Waals surface area contributed by atoms with Crippen molar-refractivity contribution < 1.29 is 14.3 Å². The van der Waals surface area contributed by atoms with Crippen molar-refractivity contribution in [3.05, 3.63) is 34.9 Å².